The van der Waals surface area contributed by atoms with Crippen molar-refractivity contribution in [3.63, 3.8) is 0 Å². The van der Waals surface area contributed by atoms with Crippen LogP contribution in [0.2, 0.25) is 5.28 Å². The molecule has 2 unspecified atom stereocenters. The van der Waals surface area contributed by atoms with E-state index in [9.17, 15) is 0 Å². The van der Waals surface area contributed by atoms with Gasteiger partial charge in [0.25, 0.3) is 5.95 Å². The van der Waals surface area contributed by atoms with Crippen molar-refractivity contribution in [2.45, 2.75) is 45.1 Å². The Morgan fingerprint density at radius 3 is 2.90 bits per heavy atom. The molecule has 112 valence electrons. The van der Waals surface area contributed by atoms with Gasteiger partial charge < -0.3 is 5.32 Å². The number of aromatic nitrogens is 6. The molecule has 0 aliphatic heterocycles. The van der Waals surface area contributed by atoms with Crippen molar-refractivity contribution in [1.29, 1.82) is 0 Å². The van der Waals surface area contributed by atoms with Gasteiger partial charge in [-0.2, -0.15) is 24.7 Å². The Morgan fingerprint density at radius 1 is 1.29 bits per heavy atom. The summed E-state index contributed by atoms with van der Waals surface area (Å²) < 4.78 is 1.47. The number of anilines is 1. The Balaban J connectivity index is 1.82. The second-order valence-corrected chi connectivity index (χ2v) is 5.61. The zero-order chi connectivity index (χ0) is 14.7. The van der Waals surface area contributed by atoms with Gasteiger partial charge in [-0.15, -0.1) is 0 Å². The molecule has 2 atom stereocenters. The van der Waals surface area contributed by atoms with Gasteiger partial charge in [-0.05, 0) is 30.4 Å². The molecule has 3 rings (SSSR count). The molecule has 7 nitrogen and oxygen atoms in total. The molecule has 1 N–H and O–H groups in total. The van der Waals surface area contributed by atoms with E-state index in [2.05, 4.69) is 37.3 Å². The lowest BCUT2D eigenvalue weighted by atomic mass is 9.83. The standard InChI is InChI=1S/C13H18ClN7/c1-2-9-5-3-4-6-10(9)17-12-18-11(14)19-13(20-12)21-8-15-7-16-21/h7-10H,2-6H2,1H3,(H,17,18,19,20). The Labute approximate surface area is 128 Å². The highest BCUT2D eigenvalue weighted by Crippen LogP contribution is 2.28. The molecular weight excluding hydrogens is 290 g/mol. The fraction of sp³-hybridized carbons (Fsp3) is 0.615. The van der Waals surface area contributed by atoms with Gasteiger partial charge in [0.05, 0.1) is 0 Å². The van der Waals surface area contributed by atoms with Gasteiger partial charge in [0.15, 0.2) is 0 Å². The van der Waals surface area contributed by atoms with E-state index in [0.717, 1.165) is 12.8 Å². The van der Waals surface area contributed by atoms with E-state index in [1.165, 1.54) is 36.6 Å². The summed E-state index contributed by atoms with van der Waals surface area (Å²) in [5, 5.41) is 7.58. The summed E-state index contributed by atoms with van der Waals surface area (Å²) in [6.45, 7) is 2.23. The van der Waals surface area contributed by atoms with Crippen LogP contribution in [0.3, 0.4) is 0 Å². The highest BCUT2D eigenvalue weighted by molar-refractivity contribution is 6.28. The van der Waals surface area contributed by atoms with Gasteiger partial charge >= 0.3 is 0 Å². The van der Waals surface area contributed by atoms with Gasteiger partial charge in [0.1, 0.15) is 12.7 Å². The van der Waals surface area contributed by atoms with Gasteiger partial charge in [0, 0.05) is 6.04 Å². The number of halogens is 1. The summed E-state index contributed by atoms with van der Waals surface area (Å²) in [6.07, 6.45) is 9.06. The molecule has 0 bridgehead atoms. The van der Waals surface area contributed by atoms with Crippen LogP contribution >= 0.6 is 11.6 Å². The highest BCUT2D eigenvalue weighted by atomic mass is 35.5. The molecule has 1 aliphatic rings. The van der Waals surface area contributed by atoms with E-state index >= 15 is 0 Å². The molecule has 2 aromatic heterocycles. The Hall–Kier alpha value is -1.76. The van der Waals surface area contributed by atoms with Crippen molar-refractivity contribution >= 4 is 17.5 Å². The number of rotatable bonds is 4. The van der Waals surface area contributed by atoms with Crippen LogP contribution in [-0.4, -0.2) is 35.8 Å². The van der Waals surface area contributed by atoms with E-state index in [0.29, 0.717) is 23.9 Å². The Kier molecular flexibility index (Phi) is 4.28. The van der Waals surface area contributed by atoms with Crippen LogP contribution in [0, 0.1) is 5.92 Å². The van der Waals surface area contributed by atoms with Crippen LogP contribution in [0.5, 0.6) is 0 Å². The maximum absolute atomic E-state index is 5.99. The third-order valence-corrected chi connectivity index (χ3v) is 4.14. The predicted octanol–water partition coefficient (Wildman–Crippen LogP) is 2.49. The van der Waals surface area contributed by atoms with Gasteiger partial charge in [-0.3, -0.25) is 0 Å². The number of hydrogen-bond donors (Lipinski definition) is 1. The van der Waals surface area contributed by atoms with E-state index in [4.69, 9.17) is 11.6 Å². The van der Waals surface area contributed by atoms with E-state index in [1.54, 1.807) is 0 Å². The number of nitrogens with zero attached hydrogens (tertiary/aromatic N) is 6. The summed E-state index contributed by atoms with van der Waals surface area (Å²) in [6, 6.07) is 0.394. The summed E-state index contributed by atoms with van der Waals surface area (Å²) in [5.74, 6) is 1.54. The second kappa shape index (κ2) is 6.34. The monoisotopic (exact) mass is 307 g/mol. The summed E-state index contributed by atoms with van der Waals surface area (Å²) >= 11 is 5.99. The van der Waals surface area contributed by atoms with Crippen molar-refractivity contribution in [1.82, 2.24) is 29.7 Å². The summed E-state index contributed by atoms with van der Waals surface area (Å²) in [5.41, 5.74) is 0. The molecule has 21 heavy (non-hydrogen) atoms. The third kappa shape index (κ3) is 3.29. The molecular formula is C13H18ClN7. The first-order chi connectivity index (χ1) is 10.3. The molecule has 8 heteroatoms. The first-order valence-electron chi connectivity index (χ1n) is 7.29. The second-order valence-electron chi connectivity index (χ2n) is 5.27. The molecule has 0 saturated heterocycles. The smallest absolute Gasteiger partial charge is 0.258 e. The molecule has 2 heterocycles. The van der Waals surface area contributed by atoms with E-state index < -0.39 is 0 Å². The molecule has 1 aliphatic carbocycles. The summed E-state index contributed by atoms with van der Waals surface area (Å²) in [4.78, 5) is 16.5. The summed E-state index contributed by atoms with van der Waals surface area (Å²) in [7, 11) is 0. The van der Waals surface area contributed by atoms with Crippen molar-refractivity contribution in [2.24, 2.45) is 5.92 Å². The predicted molar refractivity (Wildman–Crippen MR) is 79.4 cm³/mol. The molecule has 2 aromatic rings. The maximum Gasteiger partial charge on any atom is 0.258 e. The van der Waals surface area contributed by atoms with Crippen LogP contribution in [0.4, 0.5) is 5.95 Å². The lowest BCUT2D eigenvalue weighted by Gasteiger charge is -2.31. The number of nitrogens with one attached hydrogen (secondary N) is 1. The highest BCUT2D eigenvalue weighted by Gasteiger charge is 2.24. The molecule has 0 aromatic carbocycles. The van der Waals surface area contributed by atoms with Gasteiger partial charge in [-0.25, -0.2) is 4.98 Å². The minimum Gasteiger partial charge on any atom is -0.351 e. The first-order valence-corrected chi connectivity index (χ1v) is 7.67. The SMILES string of the molecule is CCC1CCCCC1Nc1nc(Cl)nc(-n2cncn2)n1. The lowest BCUT2D eigenvalue weighted by Crippen LogP contribution is -2.32. The van der Waals surface area contributed by atoms with E-state index in [1.807, 2.05) is 0 Å². The minimum absolute atomic E-state index is 0.154. The van der Waals surface area contributed by atoms with Crippen molar-refractivity contribution in [3.05, 3.63) is 17.9 Å². The zero-order valence-electron chi connectivity index (χ0n) is 11.9. The van der Waals surface area contributed by atoms with Crippen LogP contribution in [-0.2, 0) is 0 Å². The fourth-order valence-electron chi connectivity index (χ4n) is 2.87. The topological polar surface area (TPSA) is 81.4 Å². The lowest BCUT2D eigenvalue weighted by molar-refractivity contribution is 0.316. The largest absolute Gasteiger partial charge is 0.351 e. The van der Waals surface area contributed by atoms with Crippen LogP contribution < -0.4 is 5.32 Å². The van der Waals surface area contributed by atoms with Gasteiger partial charge in [0.2, 0.25) is 11.2 Å². The minimum atomic E-state index is 0.154. The zero-order valence-corrected chi connectivity index (χ0v) is 12.7. The van der Waals surface area contributed by atoms with Crippen LogP contribution in [0.25, 0.3) is 5.95 Å². The first kappa shape index (κ1) is 14.2. The van der Waals surface area contributed by atoms with Gasteiger partial charge in [-0.1, -0.05) is 26.2 Å². The molecule has 1 saturated carbocycles. The molecule has 0 amide bonds. The number of hydrogen-bond acceptors (Lipinski definition) is 6. The van der Waals surface area contributed by atoms with Crippen molar-refractivity contribution < 1.29 is 0 Å². The maximum atomic E-state index is 5.99. The quantitative estimate of drug-likeness (QED) is 0.934. The Morgan fingerprint density at radius 2 is 2.14 bits per heavy atom. The molecule has 0 radical (unpaired) electrons. The third-order valence-electron chi connectivity index (χ3n) is 3.97. The molecule has 0 spiro atoms. The van der Waals surface area contributed by atoms with Crippen molar-refractivity contribution in [2.75, 3.05) is 5.32 Å². The average Bonchev–Trinajstić information content (AvgIpc) is 3.01. The Bertz CT molecular complexity index is 586. The fourth-order valence-corrected chi connectivity index (χ4v) is 3.03. The van der Waals surface area contributed by atoms with Crippen LogP contribution in [0.15, 0.2) is 12.7 Å². The molecule has 1 fully saturated rings. The average molecular weight is 308 g/mol. The van der Waals surface area contributed by atoms with Crippen molar-refractivity contribution in [3.8, 4) is 5.95 Å². The van der Waals surface area contributed by atoms with Crippen LogP contribution in [0.1, 0.15) is 39.0 Å². The normalized spacial score (nSPS) is 22.2. The van der Waals surface area contributed by atoms with E-state index in [-0.39, 0.29) is 5.28 Å².